The number of nitrogens with one attached hydrogen (secondary N) is 1. The molecule has 2 aromatic rings. The van der Waals surface area contributed by atoms with E-state index in [2.05, 4.69) is 6.07 Å². The monoisotopic (exact) mass is 372 g/mol. The van der Waals surface area contributed by atoms with Gasteiger partial charge in [0.05, 0.1) is 6.07 Å². The van der Waals surface area contributed by atoms with Crippen LogP contribution in [0.25, 0.3) is 0 Å². The zero-order valence-corrected chi connectivity index (χ0v) is 15.4. The number of allylic oxidation sites excluding steroid dienone is 2. The van der Waals surface area contributed by atoms with Gasteiger partial charge in [-0.2, -0.15) is 5.26 Å². The molecular weight excluding hydrogens is 352 g/mol. The van der Waals surface area contributed by atoms with Crippen molar-refractivity contribution >= 4 is 11.7 Å². The Labute approximate surface area is 163 Å². The first-order valence-corrected chi connectivity index (χ1v) is 9.37. The lowest BCUT2D eigenvalue weighted by molar-refractivity contribution is -0.116. The van der Waals surface area contributed by atoms with Gasteiger partial charge in [-0.05, 0) is 18.1 Å². The van der Waals surface area contributed by atoms with Crippen molar-refractivity contribution in [3.05, 3.63) is 77.1 Å². The van der Waals surface area contributed by atoms with Gasteiger partial charge in [-0.3, -0.25) is 10.2 Å². The summed E-state index contributed by atoms with van der Waals surface area (Å²) in [7, 11) is 0. The number of benzene rings is 2. The summed E-state index contributed by atoms with van der Waals surface area (Å²) in [5, 5.41) is 17.9. The average molecular weight is 372 g/mol. The molecule has 2 aliphatic rings. The predicted octanol–water partition coefficient (Wildman–Crippen LogP) is 4.50. The molecule has 1 heterocycles. The Morgan fingerprint density at radius 3 is 2.64 bits per heavy atom. The molecule has 28 heavy (non-hydrogen) atoms. The third-order valence-corrected chi connectivity index (χ3v) is 5.20. The Hall–Kier alpha value is -3.39. The van der Waals surface area contributed by atoms with Gasteiger partial charge in [0.15, 0.2) is 5.78 Å². The number of rotatable bonds is 4. The minimum absolute atomic E-state index is 0.00291. The number of ketones is 1. The van der Waals surface area contributed by atoms with Crippen molar-refractivity contribution in [2.24, 2.45) is 5.92 Å². The number of hydrogen-bond donors (Lipinski definition) is 1. The van der Waals surface area contributed by atoms with E-state index in [1.807, 2.05) is 54.6 Å². The van der Waals surface area contributed by atoms with Crippen molar-refractivity contribution in [1.82, 2.24) is 0 Å². The highest BCUT2D eigenvalue weighted by atomic mass is 16.5. The minimum Gasteiger partial charge on any atom is -0.489 e. The molecule has 1 N–H and O–H groups in total. The maximum atomic E-state index is 12.7. The van der Waals surface area contributed by atoms with Crippen molar-refractivity contribution in [2.75, 3.05) is 0 Å². The second-order valence-corrected chi connectivity index (χ2v) is 6.98. The molecule has 2 aromatic carbocycles. The zero-order valence-electron chi connectivity index (χ0n) is 15.4. The molecule has 0 bridgehead atoms. The maximum Gasteiger partial charge on any atom is 0.205 e. The Balaban J connectivity index is 1.75. The van der Waals surface area contributed by atoms with Crippen LogP contribution in [0.15, 0.2) is 65.9 Å². The van der Waals surface area contributed by atoms with Gasteiger partial charge in [-0.1, -0.05) is 48.5 Å². The van der Waals surface area contributed by atoms with Crippen LogP contribution in [-0.4, -0.2) is 11.7 Å². The molecule has 0 radical (unpaired) electrons. The van der Waals surface area contributed by atoms with E-state index in [4.69, 9.17) is 14.9 Å². The van der Waals surface area contributed by atoms with Crippen LogP contribution in [0.2, 0.25) is 0 Å². The first-order chi connectivity index (χ1) is 13.7. The van der Waals surface area contributed by atoms with Gasteiger partial charge in [0.1, 0.15) is 24.0 Å². The van der Waals surface area contributed by atoms with Gasteiger partial charge < -0.3 is 9.47 Å². The number of nitrogens with zero attached hydrogens (tertiary/aromatic N) is 1. The maximum absolute atomic E-state index is 12.7. The molecule has 0 saturated heterocycles. The highest BCUT2D eigenvalue weighted by molar-refractivity contribution is 6.01. The molecule has 0 saturated carbocycles. The molecule has 0 aromatic heterocycles. The van der Waals surface area contributed by atoms with Gasteiger partial charge >= 0.3 is 0 Å². The topological polar surface area (TPSA) is 83.2 Å². The number of carbonyl (C=O) groups excluding carboxylic acids is 1. The number of hydrogen-bond acceptors (Lipinski definition) is 5. The Morgan fingerprint density at radius 1 is 1.11 bits per heavy atom. The summed E-state index contributed by atoms with van der Waals surface area (Å²) in [6, 6.07) is 19.4. The Morgan fingerprint density at radius 2 is 1.86 bits per heavy atom. The smallest absolute Gasteiger partial charge is 0.205 e. The van der Waals surface area contributed by atoms with Crippen LogP contribution in [0.5, 0.6) is 5.75 Å². The fourth-order valence-electron chi connectivity index (χ4n) is 3.87. The summed E-state index contributed by atoms with van der Waals surface area (Å²) in [5.41, 5.74) is 2.31. The van der Waals surface area contributed by atoms with Gasteiger partial charge in [0.25, 0.3) is 0 Å². The van der Waals surface area contributed by atoms with E-state index in [0.717, 1.165) is 11.1 Å². The lowest BCUT2D eigenvalue weighted by Crippen LogP contribution is -2.34. The summed E-state index contributed by atoms with van der Waals surface area (Å²) in [4.78, 5) is 12.7. The van der Waals surface area contributed by atoms with Crippen molar-refractivity contribution in [1.29, 1.82) is 10.7 Å². The fraction of sp³-hybridized carbons (Fsp3) is 0.261. The number of para-hydroxylation sites is 1. The van der Waals surface area contributed by atoms with E-state index in [9.17, 15) is 10.1 Å². The second-order valence-electron chi connectivity index (χ2n) is 6.98. The summed E-state index contributed by atoms with van der Waals surface area (Å²) in [6.07, 6.45) is 1.77. The summed E-state index contributed by atoms with van der Waals surface area (Å²) in [6.45, 7) is 0.385. The molecule has 0 amide bonds. The molecule has 1 aliphatic carbocycles. The molecule has 1 aliphatic heterocycles. The molecule has 0 fully saturated rings. The van der Waals surface area contributed by atoms with E-state index in [1.165, 1.54) is 0 Å². The van der Waals surface area contributed by atoms with Crippen molar-refractivity contribution in [3.63, 3.8) is 0 Å². The largest absolute Gasteiger partial charge is 0.489 e. The SMILES string of the molecule is N#CC1C(=N)OC2=C(C(=O)CCC2)C1c1ccccc1OCc1ccccc1. The van der Waals surface area contributed by atoms with Gasteiger partial charge in [0.2, 0.25) is 5.90 Å². The first-order valence-electron chi connectivity index (χ1n) is 9.37. The van der Waals surface area contributed by atoms with Crippen LogP contribution in [0.4, 0.5) is 0 Å². The quantitative estimate of drug-likeness (QED) is 0.856. The van der Waals surface area contributed by atoms with Crippen LogP contribution >= 0.6 is 0 Å². The lowest BCUT2D eigenvalue weighted by Gasteiger charge is -2.34. The number of Topliss-reactive ketones (excluding diaryl/α,β-unsaturated/α-hetero) is 1. The molecule has 2 atom stereocenters. The standard InChI is InChI=1S/C23H20N2O3/c24-13-17-21(22-18(26)10-6-12-20(22)28-23(17)25)16-9-4-5-11-19(16)27-14-15-7-2-1-3-8-15/h1-5,7-9,11,17,21,25H,6,10,12,14H2. The van der Waals surface area contributed by atoms with E-state index in [-0.39, 0.29) is 11.7 Å². The molecule has 5 nitrogen and oxygen atoms in total. The lowest BCUT2D eigenvalue weighted by atomic mass is 9.74. The number of ether oxygens (including phenoxy) is 2. The van der Waals surface area contributed by atoms with Crippen LogP contribution < -0.4 is 4.74 Å². The zero-order chi connectivity index (χ0) is 19.5. The van der Waals surface area contributed by atoms with Crippen molar-refractivity contribution < 1.29 is 14.3 Å². The van der Waals surface area contributed by atoms with Gasteiger partial charge in [-0.25, -0.2) is 0 Å². The predicted molar refractivity (Wildman–Crippen MR) is 104 cm³/mol. The number of carbonyl (C=O) groups is 1. The molecule has 0 spiro atoms. The molecule has 4 rings (SSSR count). The van der Waals surface area contributed by atoms with Crippen LogP contribution in [0.1, 0.15) is 36.3 Å². The molecule has 140 valence electrons. The van der Waals surface area contributed by atoms with E-state index in [0.29, 0.717) is 43.0 Å². The van der Waals surface area contributed by atoms with Crippen LogP contribution in [-0.2, 0) is 16.1 Å². The molecule has 2 unspecified atom stereocenters. The third-order valence-electron chi connectivity index (χ3n) is 5.20. The van der Waals surface area contributed by atoms with E-state index < -0.39 is 11.8 Å². The fourth-order valence-corrected chi connectivity index (χ4v) is 3.87. The highest BCUT2D eigenvalue weighted by Crippen LogP contribution is 2.45. The summed E-state index contributed by atoms with van der Waals surface area (Å²) < 4.78 is 11.6. The minimum atomic E-state index is -0.845. The summed E-state index contributed by atoms with van der Waals surface area (Å²) in [5.74, 6) is -0.328. The average Bonchev–Trinajstić information content (AvgIpc) is 2.72. The van der Waals surface area contributed by atoms with Crippen molar-refractivity contribution in [3.8, 4) is 11.8 Å². The van der Waals surface area contributed by atoms with Gasteiger partial charge in [0, 0.05) is 29.9 Å². The Kier molecular flexibility index (Phi) is 4.94. The Bertz CT molecular complexity index is 988. The number of nitriles is 1. The molecule has 5 heteroatoms. The summed E-state index contributed by atoms with van der Waals surface area (Å²) >= 11 is 0. The van der Waals surface area contributed by atoms with Crippen LogP contribution in [0, 0.1) is 22.7 Å². The highest BCUT2D eigenvalue weighted by Gasteiger charge is 2.43. The first kappa shape index (κ1) is 18.0. The third kappa shape index (κ3) is 3.29. The van der Waals surface area contributed by atoms with Crippen LogP contribution in [0.3, 0.4) is 0 Å². The second kappa shape index (κ2) is 7.69. The van der Waals surface area contributed by atoms with E-state index in [1.54, 1.807) is 0 Å². The molecular formula is C23H20N2O3. The van der Waals surface area contributed by atoms with Crippen molar-refractivity contribution in [2.45, 2.75) is 31.8 Å². The van der Waals surface area contributed by atoms with E-state index >= 15 is 0 Å². The normalized spacial score (nSPS) is 21.5. The van der Waals surface area contributed by atoms with Gasteiger partial charge in [-0.15, -0.1) is 0 Å².